The first kappa shape index (κ1) is 18.5. The monoisotopic (exact) mass is 322 g/mol. The molecule has 0 fully saturated rings. The van der Waals surface area contributed by atoms with Gasteiger partial charge in [0, 0.05) is 30.3 Å². The van der Waals surface area contributed by atoms with Crippen molar-refractivity contribution >= 4 is 17.3 Å². The van der Waals surface area contributed by atoms with Gasteiger partial charge >= 0.3 is 0 Å². The summed E-state index contributed by atoms with van der Waals surface area (Å²) in [4.78, 5) is 0. The van der Waals surface area contributed by atoms with Gasteiger partial charge in [-0.3, -0.25) is 5.01 Å². The average molecular weight is 323 g/mol. The molecular weight excluding hydrogens is 296 g/mol. The second-order valence-electron chi connectivity index (χ2n) is 5.71. The highest BCUT2D eigenvalue weighted by Crippen LogP contribution is 2.19. The number of benzene rings is 1. The van der Waals surface area contributed by atoms with Gasteiger partial charge in [-0.15, -0.1) is 0 Å². The lowest BCUT2D eigenvalue weighted by Gasteiger charge is -2.23. The predicted molar refractivity (Wildman–Crippen MR) is 95.5 cm³/mol. The number of allylic oxidation sites excluding steroid dienone is 1. The van der Waals surface area contributed by atoms with Crippen molar-refractivity contribution in [2.24, 2.45) is 10.3 Å². The minimum Gasteiger partial charge on any atom is -0.378 e. The molecule has 0 heterocycles. The highest BCUT2D eigenvalue weighted by atomic mass is 35.5. The molecule has 1 aromatic carbocycles. The molecule has 1 aromatic rings. The Balaban J connectivity index is 2.66. The van der Waals surface area contributed by atoms with Crippen LogP contribution in [0.1, 0.15) is 34.1 Å². The topological polar surface area (TPSA) is 40.0 Å². The summed E-state index contributed by atoms with van der Waals surface area (Å²) >= 11 is 6.05. The van der Waals surface area contributed by atoms with Crippen molar-refractivity contribution in [1.82, 2.24) is 5.01 Å². The number of hydrogen-bond acceptors (Lipinski definition) is 3. The van der Waals surface area contributed by atoms with E-state index < -0.39 is 0 Å². The van der Waals surface area contributed by atoms with Gasteiger partial charge in [0.05, 0.1) is 6.04 Å². The van der Waals surface area contributed by atoms with Crippen molar-refractivity contribution in [3.63, 3.8) is 0 Å². The van der Waals surface area contributed by atoms with Crippen LogP contribution in [0.25, 0.3) is 0 Å². The highest BCUT2D eigenvalue weighted by molar-refractivity contribution is 6.30. The Kier molecular flexibility index (Phi) is 7.96. The summed E-state index contributed by atoms with van der Waals surface area (Å²) in [5, 5.41) is 14.5. The van der Waals surface area contributed by atoms with E-state index in [1.807, 2.05) is 50.2 Å². The quantitative estimate of drug-likeness (QED) is 0.407. The van der Waals surface area contributed by atoms with E-state index in [0.717, 1.165) is 23.7 Å². The Labute approximate surface area is 139 Å². The highest BCUT2D eigenvalue weighted by Gasteiger charge is 2.11. The number of rotatable bonds is 8. The molecule has 0 radical (unpaired) electrons. The Morgan fingerprint density at radius 3 is 2.73 bits per heavy atom. The van der Waals surface area contributed by atoms with Crippen LogP contribution in [0, 0.1) is 0 Å². The van der Waals surface area contributed by atoms with E-state index in [1.165, 1.54) is 5.57 Å². The van der Waals surface area contributed by atoms with Crippen molar-refractivity contribution in [2.75, 3.05) is 18.9 Å². The molecule has 0 saturated heterocycles. The normalized spacial score (nSPS) is 13.7. The first-order valence-corrected chi connectivity index (χ1v) is 8.07. The van der Waals surface area contributed by atoms with Crippen molar-refractivity contribution in [3.8, 4) is 0 Å². The molecule has 0 aliphatic carbocycles. The lowest BCUT2D eigenvalue weighted by atomic mass is 10.0. The molecule has 4 nitrogen and oxygen atoms in total. The minimum atomic E-state index is 0.222. The Morgan fingerprint density at radius 1 is 1.41 bits per heavy atom. The standard InChI is InChI=1S/C17H27ClN4/c1-6-14(4)17(10-11-22(5)21-20-13(2)3)19-16-9-7-8-15(18)12-16/h6-9,12-13,17,19H,10-11H2,1-5H3/b14-6+,21-20-. The molecule has 1 rings (SSSR count). The second kappa shape index (κ2) is 9.46. The maximum atomic E-state index is 6.05. The van der Waals surface area contributed by atoms with Gasteiger partial charge in [-0.25, -0.2) is 0 Å². The maximum absolute atomic E-state index is 6.05. The number of nitrogens with zero attached hydrogens (tertiary/aromatic N) is 3. The van der Waals surface area contributed by atoms with Gasteiger partial charge < -0.3 is 5.32 Å². The van der Waals surface area contributed by atoms with E-state index in [1.54, 1.807) is 0 Å². The molecule has 5 heteroatoms. The van der Waals surface area contributed by atoms with E-state index in [2.05, 4.69) is 35.6 Å². The fraction of sp³-hybridized carbons (Fsp3) is 0.529. The molecular formula is C17H27ClN4. The number of hydrogen-bond donors (Lipinski definition) is 1. The van der Waals surface area contributed by atoms with Crippen LogP contribution in [0.3, 0.4) is 0 Å². The summed E-state index contributed by atoms with van der Waals surface area (Å²) in [6.45, 7) is 9.07. The van der Waals surface area contributed by atoms with E-state index in [9.17, 15) is 0 Å². The Hall–Kier alpha value is -1.55. The molecule has 0 spiro atoms. The molecule has 1 atom stereocenters. The molecule has 0 aliphatic rings. The van der Waals surface area contributed by atoms with E-state index >= 15 is 0 Å². The van der Waals surface area contributed by atoms with Crippen molar-refractivity contribution in [2.45, 2.75) is 46.2 Å². The van der Waals surface area contributed by atoms with Gasteiger partial charge in [0.1, 0.15) is 0 Å². The smallest absolute Gasteiger partial charge is 0.0673 e. The van der Waals surface area contributed by atoms with E-state index in [4.69, 9.17) is 11.6 Å². The summed E-state index contributed by atoms with van der Waals surface area (Å²) in [6.07, 6.45) is 3.08. The van der Waals surface area contributed by atoms with Gasteiger partial charge in [-0.05, 0) is 52.3 Å². The zero-order chi connectivity index (χ0) is 16.5. The number of nitrogens with one attached hydrogen (secondary N) is 1. The Morgan fingerprint density at radius 2 is 2.14 bits per heavy atom. The summed E-state index contributed by atoms with van der Waals surface area (Å²) in [6, 6.07) is 8.28. The molecule has 22 heavy (non-hydrogen) atoms. The molecule has 0 aromatic heterocycles. The lowest BCUT2D eigenvalue weighted by Crippen LogP contribution is -2.26. The van der Waals surface area contributed by atoms with Crippen LogP contribution < -0.4 is 5.32 Å². The second-order valence-corrected chi connectivity index (χ2v) is 6.14. The summed E-state index contributed by atoms with van der Waals surface area (Å²) in [5.74, 6) is 0. The number of halogens is 1. The van der Waals surface area contributed by atoms with Gasteiger partial charge in [-0.2, -0.15) is 5.11 Å². The number of anilines is 1. The first-order chi connectivity index (χ1) is 10.4. The van der Waals surface area contributed by atoms with Crippen LogP contribution in [0.15, 0.2) is 46.3 Å². The molecule has 0 amide bonds. The fourth-order valence-corrected chi connectivity index (χ4v) is 2.14. The molecule has 0 bridgehead atoms. The SMILES string of the molecule is C/C=C(\C)C(CCN(C)/N=N\C(C)C)Nc1cccc(Cl)c1. The van der Waals surface area contributed by atoms with Crippen LogP contribution in [-0.4, -0.2) is 30.7 Å². The molecule has 122 valence electrons. The van der Waals surface area contributed by atoms with Gasteiger partial charge in [0.2, 0.25) is 0 Å². The van der Waals surface area contributed by atoms with Gasteiger partial charge in [0.25, 0.3) is 0 Å². The largest absolute Gasteiger partial charge is 0.378 e. The summed E-state index contributed by atoms with van der Waals surface area (Å²) in [5.41, 5.74) is 2.33. The fourth-order valence-electron chi connectivity index (χ4n) is 1.95. The zero-order valence-electron chi connectivity index (χ0n) is 14.2. The first-order valence-electron chi connectivity index (χ1n) is 7.69. The summed E-state index contributed by atoms with van der Waals surface area (Å²) < 4.78 is 0. The third-order valence-corrected chi connectivity index (χ3v) is 3.58. The summed E-state index contributed by atoms with van der Waals surface area (Å²) in [7, 11) is 1.95. The van der Waals surface area contributed by atoms with Gasteiger partial charge in [-0.1, -0.05) is 34.5 Å². The molecule has 0 aliphatic heterocycles. The van der Waals surface area contributed by atoms with Crippen molar-refractivity contribution < 1.29 is 0 Å². The lowest BCUT2D eigenvalue weighted by molar-refractivity contribution is 0.312. The van der Waals surface area contributed by atoms with Crippen LogP contribution in [0.2, 0.25) is 5.02 Å². The third kappa shape index (κ3) is 6.94. The van der Waals surface area contributed by atoms with Crippen molar-refractivity contribution in [1.29, 1.82) is 0 Å². The maximum Gasteiger partial charge on any atom is 0.0673 e. The molecule has 1 unspecified atom stereocenters. The zero-order valence-corrected chi connectivity index (χ0v) is 14.9. The van der Waals surface area contributed by atoms with E-state index in [-0.39, 0.29) is 12.1 Å². The van der Waals surface area contributed by atoms with Crippen LogP contribution >= 0.6 is 11.6 Å². The van der Waals surface area contributed by atoms with Crippen molar-refractivity contribution in [3.05, 3.63) is 40.9 Å². The van der Waals surface area contributed by atoms with Crippen LogP contribution in [0.4, 0.5) is 5.69 Å². The van der Waals surface area contributed by atoms with E-state index in [0.29, 0.717) is 0 Å². The predicted octanol–water partition coefficient (Wildman–Crippen LogP) is 5.18. The third-order valence-electron chi connectivity index (χ3n) is 3.35. The minimum absolute atomic E-state index is 0.222. The molecule has 1 N–H and O–H groups in total. The average Bonchev–Trinajstić information content (AvgIpc) is 2.48. The molecule has 0 saturated carbocycles. The van der Waals surface area contributed by atoms with Crippen LogP contribution in [0.5, 0.6) is 0 Å². The van der Waals surface area contributed by atoms with Crippen LogP contribution in [-0.2, 0) is 0 Å². The Bertz CT molecular complexity index is 511. The van der Waals surface area contributed by atoms with Gasteiger partial charge in [0.15, 0.2) is 0 Å².